The van der Waals surface area contributed by atoms with Crippen LogP contribution in [0.5, 0.6) is 0 Å². The van der Waals surface area contributed by atoms with E-state index in [1.165, 1.54) is 16.4 Å². The van der Waals surface area contributed by atoms with E-state index < -0.39 is 10.0 Å². The van der Waals surface area contributed by atoms with Gasteiger partial charge >= 0.3 is 0 Å². The number of hydrogen-bond acceptors (Lipinski definition) is 3. The zero-order valence-electron chi connectivity index (χ0n) is 15.7. The van der Waals surface area contributed by atoms with Crippen molar-refractivity contribution >= 4 is 21.6 Å². The van der Waals surface area contributed by atoms with Gasteiger partial charge in [-0.15, -0.1) is 0 Å². The highest BCUT2D eigenvalue weighted by Crippen LogP contribution is 2.24. The molecule has 2 aromatic rings. The van der Waals surface area contributed by atoms with Crippen molar-refractivity contribution in [3.8, 4) is 0 Å². The van der Waals surface area contributed by atoms with Gasteiger partial charge < -0.3 is 5.32 Å². The molecule has 0 saturated carbocycles. The van der Waals surface area contributed by atoms with Crippen molar-refractivity contribution in [2.45, 2.75) is 38.5 Å². The fourth-order valence-corrected chi connectivity index (χ4v) is 4.32. The van der Waals surface area contributed by atoms with E-state index in [-0.39, 0.29) is 16.7 Å². The van der Waals surface area contributed by atoms with Crippen molar-refractivity contribution in [2.75, 3.05) is 18.4 Å². The third kappa shape index (κ3) is 4.31. The van der Waals surface area contributed by atoms with Crippen LogP contribution in [0.15, 0.2) is 53.4 Å². The van der Waals surface area contributed by atoms with Crippen molar-refractivity contribution < 1.29 is 13.2 Å². The summed E-state index contributed by atoms with van der Waals surface area (Å²) < 4.78 is 26.7. The van der Waals surface area contributed by atoms with Crippen molar-refractivity contribution in [2.24, 2.45) is 0 Å². The van der Waals surface area contributed by atoms with Gasteiger partial charge in [0.1, 0.15) is 0 Å². The van der Waals surface area contributed by atoms with Crippen LogP contribution in [0.1, 0.15) is 49.5 Å². The predicted molar refractivity (Wildman–Crippen MR) is 105 cm³/mol. The Labute approximate surface area is 156 Å². The monoisotopic (exact) mass is 374 g/mol. The Hall–Kier alpha value is -2.18. The molecule has 0 saturated heterocycles. The summed E-state index contributed by atoms with van der Waals surface area (Å²) in [4.78, 5) is 12.8. The van der Waals surface area contributed by atoms with Gasteiger partial charge in [0.15, 0.2) is 0 Å². The maximum absolute atomic E-state index is 12.7. The second-order valence-electron chi connectivity index (χ2n) is 6.31. The molecule has 0 atom stereocenters. The molecule has 0 fully saturated rings. The maximum atomic E-state index is 12.7. The average Bonchev–Trinajstić information content (AvgIpc) is 2.63. The SMILES string of the molecule is CCN(CC)S(=O)(=O)c1cccc(C(=O)Nc2ccccc2C(C)C)c1. The van der Waals surface area contributed by atoms with Gasteiger partial charge in [0.05, 0.1) is 4.90 Å². The van der Waals surface area contributed by atoms with Crippen LogP contribution in [-0.2, 0) is 10.0 Å². The van der Waals surface area contributed by atoms with Crippen LogP contribution >= 0.6 is 0 Å². The van der Waals surface area contributed by atoms with E-state index in [1.807, 2.05) is 24.3 Å². The molecule has 2 aromatic carbocycles. The number of nitrogens with zero attached hydrogens (tertiary/aromatic N) is 1. The van der Waals surface area contributed by atoms with Gasteiger partial charge in [0.2, 0.25) is 10.0 Å². The molecule has 140 valence electrons. The van der Waals surface area contributed by atoms with Crippen molar-refractivity contribution in [3.63, 3.8) is 0 Å². The highest BCUT2D eigenvalue weighted by Gasteiger charge is 2.22. The van der Waals surface area contributed by atoms with E-state index in [9.17, 15) is 13.2 Å². The van der Waals surface area contributed by atoms with Crippen LogP contribution in [-0.4, -0.2) is 31.7 Å². The first-order chi connectivity index (χ1) is 12.3. The van der Waals surface area contributed by atoms with Gasteiger partial charge in [-0.25, -0.2) is 8.42 Å². The molecule has 0 unspecified atom stereocenters. The number of para-hydroxylation sites is 1. The Bertz CT molecular complexity index is 872. The molecular weight excluding hydrogens is 348 g/mol. The van der Waals surface area contributed by atoms with Gasteiger partial charge in [-0.05, 0) is 35.7 Å². The Kier molecular flexibility index (Phi) is 6.56. The quantitative estimate of drug-likeness (QED) is 0.794. The number of hydrogen-bond donors (Lipinski definition) is 1. The van der Waals surface area contributed by atoms with Crippen LogP contribution in [0.2, 0.25) is 0 Å². The number of carbonyl (C=O) groups is 1. The zero-order valence-corrected chi connectivity index (χ0v) is 16.5. The van der Waals surface area contributed by atoms with E-state index in [2.05, 4.69) is 19.2 Å². The van der Waals surface area contributed by atoms with Gasteiger partial charge in [-0.2, -0.15) is 4.31 Å². The lowest BCUT2D eigenvalue weighted by Gasteiger charge is -2.19. The van der Waals surface area contributed by atoms with Crippen molar-refractivity contribution in [1.29, 1.82) is 0 Å². The normalized spacial score (nSPS) is 11.8. The molecular formula is C20H26N2O3S. The molecule has 26 heavy (non-hydrogen) atoms. The molecule has 5 nitrogen and oxygen atoms in total. The molecule has 0 spiro atoms. The van der Waals surface area contributed by atoms with E-state index in [1.54, 1.807) is 26.0 Å². The van der Waals surface area contributed by atoms with Gasteiger partial charge in [-0.1, -0.05) is 52.0 Å². The highest BCUT2D eigenvalue weighted by atomic mass is 32.2. The number of sulfonamides is 1. The lowest BCUT2D eigenvalue weighted by atomic mass is 10.0. The Morgan fingerprint density at radius 2 is 1.69 bits per heavy atom. The lowest BCUT2D eigenvalue weighted by molar-refractivity contribution is 0.102. The fraction of sp³-hybridized carbons (Fsp3) is 0.350. The van der Waals surface area contributed by atoms with Gasteiger partial charge in [-0.3, -0.25) is 4.79 Å². The first-order valence-electron chi connectivity index (χ1n) is 8.81. The van der Waals surface area contributed by atoms with Crippen LogP contribution in [0.3, 0.4) is 0 Å². The summed E-state index contributed by atoms with van der Waals surface area (Å²) in [7, 11) is -3.60. The summed E-state index contributed by atoms with van der Waals surface area (Å²) in [6.45, 7) is 8.47. The summed E-state index contributed by atoms with van der Waals surface area (Å²) in [5, 5.41) is 2.90. The largest absolute Gasteiger partial charge is 0.322 e. The first kappa shape index (κ1) is 20.1. The number of rotatable bonds is 7. The topological polar surface area (TPSA) is 66.5 Å². The minimum atomic E-state index is -3.60. The second-order valence-corrected chi connectivity index (χ2v) is 8.25. The molecule has 0 heterocycles. The number of carbonyl (C=O) groups excluding carboxylic acids is 1. The Morgan fingerprint density at radius 3 is 2.31 bits per heavy atom. The second kappa shape index (κ2) is 8.47. The zero-order chi connectivity index (χ0) is 19.3. The average molecular weight is 375 g/mol. The van der Waals surface area contributed by atoms with Crippen LogP contribution in [0, 0.1) is 0 Å². The van der Waals surface area contributed by atoms with Gasteiger partial charge in [0.25, 0.3) is 5.91 Å². The van der Waals surface area contributed by atoms with Gasteiger partial charge in [0, 0.05) is 24.3 Å². The minimum absolute atomic E-state index is 0.131. The summed E-state index contributed by atoms with van der Waals surface area (Å²) in [5.74, 6) is -0.0597. The summed E-state index contributed by atoms with van der Waals surface area (Å²) >= 11 is 0. The number of nitrogens with one attached hydrogen (secondary N) is 1. The summed E-state index contributed by atoms with van der Waals surface area (Å²) in [5.41, 5.74) is 2.09. The highest BCUT2D eigenvalue weighted by molar-refractivity contribution is 7.89. The van der Waals surface area contributed by atoms with Crippen LogP contribution in [0.4, 0.5) is 5.69 Å². The van der Waals surface area contributed by atoms with Crippen molar-refractivity contribution in [1.82, 2.24) is 4.31 Å². The molecule has 2 rings (SSSR count). The number of anilines is 1. The molecule has 1 amide bonds. The van der Waals surface area contributed by atoms with E-state index in [4.69, 9.17) is 0 Å². The molecule has 0 aliphatic rings. The Morgan fingerprint density at radius 1 is 1.04 bits per heavy atom. The summed E-state index contributed by atoms with van der Waals surface area (Å²) in [6, 6.07) is 13.8. The standard InChI is InChI=1S/C20H26N2O3S/c1-5-22(6-2)26(24,25)17-11-9-10-16(14-17)20(23)21-19-13-8-7-12-18(19)15(3)4/h7-15H,5-6H2,1-4H3,(H,21,23). The predicted octanol–water partition coefficient (Wildman–Crippen LogP) is 4.09. The third-order valence-electron chi connectivity index (χ3n) is 4.27. The minimum Gasteiger partial charge on any atom is -0.322 e. The maximum Gasteiger partial charge on any atom is 0.255 e. The van der Waals surface area contributed by atoms with E-state index in [0.29, 0.717) is 18.7 Å². The van der Waals surface area contributed by atoms with E-state index in [0.717, 1.165) is 11.3 Å². The van der Waals surface area contributed by atoms with Crippen LogP contribution in [0.25, 0.3) is 0 Å². The summed E-state index contributed by atoms with van der Waals surface area (Å²) in [6.07, 6.45) is 0. The molecule has 0 aliphatic carbocycles. The molecule has 0 radical (unpaired) electrons. The first-order valence-corrected chi connectivity index (χ1v) is 10.3. The van der Waals surface area contributed by atoms with Crippen LogP contribution < -0.4 is 5.32 Å². The molecule has 0 aliphatic heterocycles. The third-order valence-corrected chi connectivity index (χ3v) is 6.32. The molecule has 0 bridgehead atoms. The Balaban J connectivity index is 2.32. The lowest BCUT2D eigenvalue weighted by Crippen LogP contribution is -2.30. The molecule has 6 heteroatoms. The van der Waals surface area contributed by atoms with Crippen molar-refractivity contribution in [3.05, 3.63) is 59.7 Å². The number of amides is 1. The fourth-order valence-electron chi connectivity index (χ4n) is 2.82. The van der Waals surface area contributed by atoms with E-state index >= 15 is 0 Å². The molecule has 1 N–H and O–H groups in total. The number of benzene rings is 2. The molecule has 0 aromatic heterocycles. The smallest absolute Gasteiger partial charge is 0.255 e.